The minimum absolute atomic E-state index is 0.0605. The lowest BCUT2D eigenvalue weighted by atomic mass is 10.00. The summed E-state index contributed by atoms with van der Waals surface area (Å²) in [6.07, 6.45) is 0.0928. The van der Waals surface area contributed by atoms with E-state index in [9.17, 15) is 9.50 Å². The summed E-state index contributed by atoms with van der Waals surface area (Å²) in [4.78, 5) is 0. The molecular weight excluding hydrogens is 203 g/mol. The first kappa shape index (κ1) is 11.5. The Morgan fingerprint density at radius 1 is 1.43 bits per heavy atom. The Bertz CT molecular complexity index is 312. The van der Waals surface area contributed by atoms with Gasteiger partial charge >= 0.3 is 0 Å². The van der Waals surface area contributed by atoms with Crippen molar-refractivity contribution in [2.45, 2.75) is 26.4 Å². The van der Waals surface area contributed by atoms with E-state index in [1.165, 1.54) is 12.1 Å². The summed E-state index contributed by atoms with van der Waals surface area (Å²) in [5.41, 5.74) is 0.671. The third kappa shape index (κ3) is 2.96. The van der Waals surface area contributed by atoms with Gasteiger partial charge in [-0.15, -0.1) is 0 Å². The summed E-state index contributed by atoms with van der Waals surface area (Å²) in [7, 11) is 0. The molecule has 0 aliphatic rings. The van der Waals surface area contributed by atoms with Crippen molar-refractivity contribution in [3.05, 3.63) is 34.6 Å². The molecule has 1 N–H and O–H groups in total. The highest BCUT2D eigenvalue weighted by molar-refractivity contribution is 6.30. The maximum absolute atomic E-state index is 12.8. The molecule has 14 heavy (non-hydrogen) atoms. The molecule has 1 aromatic rings. The molecule has 1 aromatic carbocycles. The van der Waals surface area contributed by atoms with Gasteiger partial charge in [-0.2, -0.15) is 0 Å². The molecule has 0 radical (unpaired) electrons. The Balaban J connectivity index is 2.80. The van der Waals surface area contributed by atoms with Gasteiger partial charge in [0.1, 0.15) is 5.82 Å². The first-order valence-corrected chi connectivity index (χ1v) is 5.01. The van der Waals surface area contributed by atoms with E-state index in [4.69, 9.17) is 11.6 Å². The Morgan fingerprint density at radius 3 is 2.57 bits per heavy atom. The van der Waals surface area contributed by atoms with E-state index < -0.39 is 11.9 Å². The summed E-state index contributed by atoms with van der Waals surface area (Å²) >= 11 is 5.61. The average Bonchev–Trinajstić information content (AvgIpc) is 2.08. The maximum atomic E-state index is 12.8. The molecule has 0 aliphatic heterocycles. The standard InChI is InChI=1S/C11H14ClFO/c1-7(2)5-11(14)8-3-4-10(13)9(12)6-8/h3-4,6-7,11,14H,5H2,1-2H3. The molecule has 0 bridgehead atoms. The lowest BCUT2D eigenvalue weighted by molar-refractivity contribution is 0.151. The molecule has 0 fully saturated rings. The van der Waals surface area contributed by atoms with Crippen LogP contribution in [0.4, 0.5) is 4.39 Å². The Kier molecular flexibility index (Phi) is 3.90. The molecule has 1 rings (SSSR count). The fraction of sp³-hybridized carbons (Fsp3) is 0.455. The molecule has 0 saturated carbocycles. The minimum Gasteiger partial charge on any atom is -0.388 e. The van der Waals surface area contributed by atoms with Gasteiger partial charge in [-0.05, 0) is 30.0 Å². The third-order valence-electron chi connectivity index (χ3n) is 2.02. The van der Waals surface area contributed by atoms with Crippen LogP contribution in [-0.2, 0) is 0 Å². The lowest BCUT2D eigenvalue weighted by Gasteiger charge is -2.13. The van der Waals surface area contributed by atoms with Gasteiger partial charge in [0.2, 0.25) is 0 Å². The molecule has 0 heterocycles. The van der Waals surface area contributed by atoms with Crippen LogP contribution < -0.4 is 0 Å². The van der Waals surface area contributed by atoms with Crippen LogP contribution in [0.3, 0.4) is 0 Å². The lowest BCUT2D eigenvalue weighted by Crippen LogP contribution is -2.02. The molecule has 0 aliphatic carbocycles. The van der Waals surface area contributed by atoms with Crippen LogP contribution in [0.25, 0.3) is 0 Å². The normalized spacial score (nSPS) is 13.3. The molecule has 0 aromatic heterocycles. The Hall–Kier alpha value is -0.600. The fourth-order valence-electron chi connectivity index (χ4n) is 1.30. The van der Waals surface area contributed by atoms with Crippen molar-refractivity contribution >= 4 is 11.6 Å². The van der Waals surface area contributed by atoms with E-state index in [0.717, 1.165) is 0 Å². The number of hydrogen-bond acceptors (Lipinski definition) is 1. The van der Waals surface area contributed by atoms with Crippen LogP contribution in [0, 0.1) is 11.7 Å². The quantitative estimate of drug-likeness (QED) is 0.819. The van der Waals surface area contributed by atoms with Crippen LogP contribution in [-0.4, -0.2) is 5.11 Å². The predicted molar refractivity (Wildman–Crippen MR) is 55.8 cm³/mol. The monoisotopic (exact) mass is 216 g/mol. The van der Waals surface area contributed by atoms with Crippen molar-refractivity contribution in [1.82, 2.24) is 0 Å². The van der Waals surface area contributed by atoms with Gasteiger partial charge in [0, 0.05) is 0 Å². The average molecular weight is 217 g/mol. The number of aliphatic hydroxyl groups is 1. The van der Waals surface area contributed by atoms with Crippen LogP contribution in [0.2, 0.25) is 5.02 Å². The summed E-state index contributed by atoms with van der Waals surface area (Å²) in [6.45, 7) is 4.04. The largest absolute Gasteiger partial charge is 0.388 e. The van der Waals surface area contributed by atoms with Crippen molar-refractivity contribution in [2.24, 2.45) is 5.92 Å². The molecule has 1 nitrogen and oxygen atoms in total. The SMILES string of the molecule is CC(C)CC(O)c1ccc(F)c(Cl)c1. The highest BCUT2D eigenvalue weighted by atomic mass is 35.5. The maximum Gasteiger partial charge on any atom is 0.141 e. The summed E-state index contributed by atoms with van der Waals surface area (Å²) in [5, 5.41) is 9.79. The number of hydrogen-bond donors (Lipinski definition) is 1. The van der Waals surface area contributed by atoms with Crippen molar-refractivity contribution in [3.8, 4) is 0 Å². The highest BCUT2D eigenvalue weighted by Gasteiger charge is 2.11. The van der Waals surface area contributed by atoms with Gasteiger partial charge in [-0.1, -0.05) is 31.5 Å². The molecule has 0 amide bonds. The second-order valence-corrected chi connectivity index (χ2v) is 4.23. The number of rotatable bonds is 3. The zero-order chi connectivity index (χ0) is 10.7. The first-order chi connectivity index (χ1) is 6.50. The molecule has 0 spiro atoms. The van der Waals surface area contributed by atoms with Crippen molar-refractivity contribution in [1.29, 1.82) is 0 Å². The molecule has 0 saturated heterocycles. The number of aliphatic hydroxyl groups excluding tert-OH is 1. The molecule has 3 heteroatoms. The predicted octanol–water partition coefficient (Wildman–Crippen LogP) is 3.56. The van der Waals surface area contributed by atoms with Gasteiger partial charge in [-0.3, -0.25) is 0 Å². The van der Waals surface area contributed by atoms with Crippen LogP contribution >= 0.6 is 11.6 Å². The topological polar surface area (TPSA) is 20.2 Å². The van der Waals surface area contributed by atoms with E-state index in [0.29, 0.717) is 17.9 Å². The van der Waals surface area contributed by atoms with Gasteiger partial charge < -0.3 is 5.11 Å². The van der Waals surface area contributed by atoms with Gasteiger partial charge in [-0.25, -0.2) is 4.39 Å². The zero-order valence-electron chi connectivity index (χ0n) is 8.30. The summed E-state index contributed by atoms with van der Waals surface area (Å²) < 4.78 is 12.8. The minimum atomic E-state index is -0.562. The van der Waals surface area contributed by atoms with Gasteiger partial charge in [0.05, 0.1) is 11.1 Å². The fourth-order valence-corrected chi connectivity index (χ4v) is 1.49. The second-order valence-electron chi connectivity index (χ2n) is 3.82. The van der Waals surface area contributed by atoms with Crippen molar-refractivity contribution < 1.29 is 9.50 Å². The molecular formula is C11H14ClFO. The third-order valence-corrected chi connectivity index (χ3v) is 2.31. The van der Waals surface area contributed by atoms with E-state index in [1.54, 1.807) is 6.07 Å². The summed E-state index contributed by atoms with van der Waals surface area (Å²) in [6, 6.07) is 4.32. The van der Waals surface area contributed by atoms with Crippen LogP contribution in [0.15, 0.2) is 18.2 Å². The van der Waals surface area contributed by atoms with Crippen molar-refractivity contribution in [3.63, 3.8) is 0 Å². The molecule has 1 unspecified atom stereocenters. The molecule has 78 valence electrons. The first-order valence-electron chi connectivity index (χ1n) is 4.63. The van der Waals surface area contributed by atoms with Gasteiger partial charge in [0.15, 0.2) is 0 Å². The second kappa shape index (κ2) is 4.76. The van der Waals surface area contributed by atoms with E-state index in [2.05, 4.69) is 0 Å². The molecule has 1 atom stereocenters. The number of benzene rings is 1. The zero-order valence-corrected chi connectivity index (χ0v) is 9.05. The number of halogens is 2. The van der Waals surface area contributed by atoms with E-state index in [1.807, 2.05) is 13.8 Å². The van der Waals surface area contributed by atoms with Gasteiger partial charge in [0.25, 0.3) is 0 Å². The van der Waals surface area contributed by atoms with Crippen LogP contribution in [0.5, 0.6) is 0 Å². The van der Waals surface area contributed by atoms with Crippen LogP contribution in [0.1, 0.15) is 31.9 Å². The van der Waals surface area contributed by atoms with E-state index in [-0.39, 0.29) is 5.02 Å². The Labute approximate surface area is 88.5 Å². The van der Waals surface area contributed by atoms with E-state index >= 15 is 0 Å². The Morgan fingerprint density at radius 2 is 2.07 bits per heavy atom. The highest BCUT2D eigenvalue weighted by Crippen LogP contribution is 2.24. The summed E-state index contributed by atoms with van der Waals surface area (Å²) in [5.74, 6) is -0.0546. The smallest absolute Gasteiger partial charge is 0.141 e. The van der Waals surface area contributed by atoms with Crippen molar-refractivity contribution in [2.75, 3.05) is 0 Å².